The van der Waals surface area contributed by atoms with Crippen molar-refractivity contribution in [3.05, 3.63) is 53.6 Å². The Balaban J connectivity index is 1.90. The third kappa shape index (κ3) is 2.76. The zero-order valence-electron chi connectivity index (χ0n) is 12.1. The van der Waals surface area contributed by atoms with Gasteiger partial charge in [-0.3, -0.25) is 4.90 Å². The maximum Gasteiger partial charge on any atom is 0.337 e. The Morgan fingerprint density at radius 3 is 2.57 bits per heavy atom. The SMILES string of the molecule is COC(=O)c1ccc(-c2ccc3c(c2)CN(C)CO3)cc1. The number of hydrogen-bond donors (Lipinski definition) is 0. The van der Waals surface area contributed by atoms with Gasteiger partial charge in [-0.25, -0.2) is 4.79 Å². The molecule has 2 aromatic carbocycles. The minimum Gasteiger partial charge on any atom is -0.478 e. The average Bonchev–Trinajstić information content (AvgIpc) is 2.53. The number of rotatable bonds is 2. The van der Waals surface area contributed by atoms with Gasteiger partial charge in [-0.15, -0.1) is 0 Å². The van der Waals surface area contributed by atoms with Crippen LogP contribution in [0.4, 0.5) is 0 Å². The topological polar surface area (TPSA) is 38.8 Å². The Labute approximate surface area is 123 Å². The van der Waals surface area contributed by atoms with Gasteiger partial charge in [0, 0.05) is 12.1 Å². The molecule has 0 radical (unpaired) electrons. The smallest absolute Gasteiger partial charge is 0.337 e. The summed E-state index contributed by atoms with van der Waals surface area (Å²) in [6.07, 6.45) is 0. The molecule has 0 fully saturated rings. The number of carbonyl (C=O) groups is 1. The lowest BCUT2D eigenvalue weighted by atomic mass is 10.0. The van der Waals surface area contributed by atoms with Gasteiger partial charge in [-0.2, -0.15) is 0 Å². The van der Waals surface area contributed by atoms with Crippen LogP contribution in [0.3, 0.4) is 0 Å². The number of benzene rings is 2. The third-order valence-electron chi connectivity index (χ3n) is 3.58. The first-order chi connectivity index (χ1) is 10.2. The molecule has 0 N–H and O–H groups in total. The molecule has 0 aromatic heterocycles. The molecule has 0 amide bonds. The van der Waals surface area contributed by atoms with Crippen LogP contribution in [0.25, 0.3) is 11.1 Å². The zero-order chi connectivity index (χ0) is 14.8. The Kier molecular flexibility index (Phi) is 3.62. The molecule has 0 saturated carbocycles. The van der Waals surface area contributed by atoms with E-state index in [1.165, 1.54) is 12.7 Å². The molecule has 0 bridgehead atoms. The molecular weight excluding hydrogens is 266 g/mol. The van der Waals surface area contributed by atoms with Crippen LogP contribution < -0.4 is 4.74 Å². The summed E-state index contributed by atoms with van der Waals surface area (Å²) >= 11 is 0. The van der Waals surface area contributed by atoms with E-state index in [0.29, 0.717) is 12.3 Å². The second kappa shape index (κ2) is 5.58. The van der Waals surface area contributed by atoms with Crippen molar-refractivity contribution in [1.29, 1.82) is 0 Å². The second-order valence-electron chi connectivity index (χ2n) is 5.18. The van der Waals surface area contributed by atoms with Crippen LogP contribution in [-0.2, 0) is 11.3 Å². The van der Waals surface area contributed by atoms with Crippen LogP contribution in [0.15, 0.2) is 42.5 Å². The number of nitrogens with zero attached hydrogens (tertiary/aromatic N) is 1. The molecule has 4 nitrogen and oxygen atoms in total. The summed E-state index contributed by atoms with van der Waals surface area (Å²) in [5, 5.41) is 0. The lowest BCUT2D eigenvalue weighted by Crippen LogP contribution is -2.27. The fourth-order valence-electron chi connectivity index (χ4n) is 2.46. The molecule has 4 heteroatoms. The first-order valence-electron chi connectivity index (χ1n) is 6.80. The molecule has 0 saturated heterocycles. The van der Waals surface area contributed by atoms with Crippen molar-refractivity contribution in [2.45, 2.75) is 6.54 Å². The Bertz CT molecular complexity index is 664. The van der Waals surface area contributed by atoms with Crippen LogP contribution in [-0.4, -0.2) is 31.8 Å². The van der Waals surface area contributed by atoms with Gasteiger partial charge in [-0.1, -0.05) is 18.2 Å². The molecule has 2 aromatic rings. The van der Waals surface area contributed by atoms with Gasteiger partial charge in [0.05, 0.1) is 12.7 Å². The lowest BCUT2D eigenvalue weighted by molar-refractivity contribution is 0.0601. The lowest BCUT2D eigenvalue weighted by Gasteiger charge is -2.25. The monoisotopic (exact) mass is 283 g/mol. The molecule has 0 atom stereocenters. The van der Waals surface area contributed by atoms with Gasteiger partial charge in [-0.05, 0) is 42.4 Å². The summed E-state index contributed by atoms with van der Waals surface area (Å²) in [7, 11) is 3.41. The van der Waals surface area contributed by atoms with Gasteiger partial charge < -0.3 is 9.47 Å². The van der Waals surface area contributed by atoms with Crippen molar-refractivity contribution in [3.8, 4) is 16.9 Å². The molecule has 0 spiro atoms. The number of hydrogen-bond acceptors (Lipinski definition) is 4. The number of methoxy groups -OCH3 is 1. The standard InChI is InChI=1S/C17H17NO3/c1-18-10-15-9-14(7-8-16(15)21-11-18)12-3-5-13(6-4-12)17(19)20-2/h3-9H,10-11H2,1-2H3. The minimum absolute atomic E-state index is 0.318. The molecule has 1 heterocycles. The molecule has 3 rings (SSSR count). The summed E-state index contributed by atoms with van der Waals surface area (Å²) in [6.45, 7) is 1.50. The summed E-state index contributed by atoms with van der Waals surface area (Å²) < 4.78 is 10.4. The Hall–Kier alpha value is -2.33. The van der Waals surface area contributed by atoms with Gasteiger partial charge in [0.2, 0.25) is 0 Å². The normalized spacial score (nSPS) is 14.2. The molecule has 1 aliphatic heterocycles. The minimum atomic E-state index is -0.318. The number of fused-ring (bicyclic) bond motifs is 1. The number of ether oxygens (including phenoxy) is 2. The van der Waals surface area contributed by atoms with Crippen LogP contribution in [0.5, 0.6) is 5.75 Å². The van der Waals surface area contributed by atoms with Crippen molar-refractivity contribution >= 4 is 5.97 Å². The van der Waals surface area contributed by atoms with E-state index in [4.69, 9.17) is 9.47 Å². The molecular formula is C17H17NO3. The predicted molar refractivity (Wildman–Crippen MR) is 80.2 cm³/mol. The van der Waals surface area contributed by atoms with E-state index in [1.54, 1.807) is 12.1 Å². The highest BCUT2D eigenvalue weighted by Gasteiger charge is 2.15. The largest absolute Gasteiger partial charge is 0.478 e. The Morgan fingerprint density at radius 1 is 1.14 bits per heavy atom. The molecule has 108 valence electrons. The average molecular weight is 283 g/mol. The van der Waals surface area contributed by atoms with Crippen molar-refractivity contribution in [2.24, 2.45) is 0 Å². The quantitative estimate of drug-likeness (QED) is 0.794. The molecule has 0 aliphatic carbocycles. The fraction of sp³-hybridized carbons (Fsp3) is 0.235. The van der Waals surface area contributed by atoms with E-state index >= 15 is 0 Å². The van der Waals surface area contributed by atoms with Crippen molar-refractivity contribution in [2.75, 3.05) is 20.9 Å². The highest BCUT2D eigenvalue weighted by Crippen LogP contribution is 2.30. The maximum atomic E-state index is 11.4. The van der Waals surface area contributed by atoms with E-state index in [0.717, 1.165) is 23.4 Å². The third-order valence-corrected chi connectivity index (χ3v) is 3.58. The van der Waals surface area contributed by atoms with Gasteiger partial charge in [0.1, 0.15) is 12.5 Å². The summed E-state index contributed by atoms with van der Waals surface area (Å²) in [5.74, 6) is 0.630. The van der Waals surface area contributed by atoms with E-state index in [-0.39, 0.29) is 5.97 Å². The van der Waals surface area contributed by atoms with Crippen molar-refractivity contribution < 1.29 is 14.3 Å². The van der Waals surface area contributed by atoms with Crippen molar-refractivity contribution in [1.82, 2.24) is 4.90 Å². The highest BCUT2D eigenvalue weighted by molar-refractivity contribution is 5.90. The number of carbonyl (C=O) groups excluding carboxylic acids is 1. The van der Waals surface area contributed by atoms with Gasteiger partial charge in [0.25, 0.3) is 0 Å². The fourth-order valence-corrected chi connectivity index (χ4v) is 2.46. The molecule has 21 heavy (non-hydrogen) atoms. The molecule has 1 aliphatic rings. The zero-order valence-corrected chi connectivity index (χ0v) is 12.1. The molecule has 0 unspecified atom stereocenters. The van der Waals surface area contributed by atoms with Gasteiger partial charge in [0.15, 0.2) is 0 Å². The van der Waals surface area contributed by atoms with E-state index < -0.39 is 0 Å². The van der Waals surface area contributed by atoms with E-state index in [1.807, 2.05) is 31.3 Å². The van der Waals surface area contributed by atoms with Crippen LogP contribution in [0, 0.1) is 0 Å². The summed E-state index contributed by atoms with van der Waals surface area (Å²) in [4.78, 5) is 13.6. The van der Waals surface area contributed by atoms with Crippen molar-refractivity contribution in [3.63, 3.8) is 0 Å². The first-order valence-corrected chi connectivity index (χ1v) is 6.80. The van der Waals surface area contributed by atoms with Crippen LogP contribution >= 0.6 is 0 Å². The second-order valence-corrected chi connectivity index (χ2v) is 5.18. The van der Waals surface area contributed by atoms with Crippen LogP contribution in [0.2, 0.25) is 0 Å². The van der Waals surface area contributed by atoms with E-state index in [2.05, 4.69) is 11.0 Å². The maximum absolute atomic E-state index is 11.4. The first kappa shape index (κ1) is 13.6. The number of esters is 1. The highest BCUT2D eigenvalue weighted by atomic mass is 16.5. The summed E-state index contributed by atoms with van der Waals surface area (Å²) in [6, 6.07) is 13.6. The predicted octanol–water partition coefficient (Wildman–Crippen LogP) is 2.92. The summed E-state index contributed by atoms with van der Waals surface area (Å²) in [5.41, 5.74) is 3.92. The van der Waals surface area contributed by atoms with E-state index in [9.17, 15) is 4.79 Å². The van der Waals surface area contributed by atoms with Gasteiger partial charge >= 0.3 is 5.97 Å². The Morgan fingerprint density at radius 2 is 1.86 bits per heavy atom. The van der Waals surface area contributed by atoms with Crippen LogP contribution in [0.1, 0.15) is 15.9 Å².